The Morgan fingerprint density at radius 3 is 2.50 bits per heavy atom. The molecule has 0 amide bonds. The van der Waals surface area contributed by atoms with Gasteiger partial charge < -0.3 is 9.84 Å². The number of nitrogens with zero attached hydrogens (tertiary/aromatic N) is 1. The Morgan fingerprint density at radius 2 is 2.06 bits per heavy atom. The summed E-state index contributed by atoms with van der Waals surface area (Å²) in [5.74, 6) is -4.40. The summed E-state index contributed by atoms with van der Waals surface area (Å²) in [4.78, 5) is 13.6. The van der Waals surface area contributed by atoms with Gasteiger partial charge >= 0.3 is 12.3 Å². The SMILES string of the molecule is O=C(O)Cc1nc(CF)cc(OC(F)(F)F)c1F. The number of carbonyl (C=O) groups is 1. The summed E-state index contributed by atoms with van der Waals surface area (Å²) < 4.78 is 64.8. The van der Waals surface area contributed by atoms with Gasteiger partial charge in [-0.05, 0) is 0 Å². The van der Waals surface area contributed by atoms with Crippen LogP contribution < -0.4 is 4.74 Å². The largest absolute Gasteiger partial charge is 0.573 e. The van der Waals surface area contributed by atoms with E-state index < -0.39 is 48.4 Å². The molecule has 4 nitrogen and oxygen atoms in total. The zero-order valence-electron chi connectivity index (χ0n) is 8.59. The van der Waals surface area contributed by atoms with Crippen LogP contribution in [-0.4, -0.2) is 22.4 Å². The van der Waals surface area contributed by atoms with Crippen LogP contribution in [0.2, 0.25) is 0 Å². The molecule has 0 saturated heterocycles. The van der Waals surface area contributed by atoms with Gasteiger partial charge in [0, 0.05) is 6.07 Å². The minimum absolute atomic E-state index is 0.425. The summed E-state index contributed by atoms with van der Waals surface area (Å²) in [6.45, 7) is -1.28. The van der Waals surface area contributed by atoms with Crippen molar-refractivity contribution in [2.24, 2.45) is 0 Å². The van der Waals surface area contributed by atoms with Crippen molar-refractivity contribution in [3.8, 4) is 5.75 Å². The molecule has 0 aliphatic rings. The van der Waals surface area contributed by atoms with E-state index in [0.29, 0.717) is 6.07 Å². The molecule has 9 heteroatoms. The first-order chi connectivity index (χ1) is 8.23. The zero-order valence-corrected chi connectivity index (χ0v) is 8.59. The minimum Gasteiger partial charge on any atom is -0.481 e. The molecule has 0 aliphatic heterocycles. The maximum Gasteiger partial charge on any atom is 0.573 e. The lowest BCUT2D eigenvalue weighted by atomic mass is 10.2. The summed E-state index contributed by atoms with van der Waals surface area (Å²) >= 11 is 0. The summed E-state index contributed by atoms with van der Waals surface area (Å²) in [5.41, 5.74) is -1.37. The van der Waals surface area contributed by atoms with Gasteiger partial charge in [-0.1, -0.05) is 0 Å². The van der Waals surface area contributed by atoms with E-state index in [1.54, 1.807) is 0 Å². The van der Waals surface area contributed by atoms with Gasteiger partial charge in [0.2, 0.25) is 0 Å². The lowest BCUT2D eigenvalue weighted by molar-refractivity contribution is -0.275. The van der Waals surface area contributed by atoms with Gasteiger partial charge in [-0.15, -0.1) is 13.2 Å². The molecule has 0 aliphatic carbocycles. The Morgan fingerprint density at radius 1 is 1.44 bits per heavy atom. The number of ether oxygens (including phenoxy) is 1. The molecule has 1 aromatic rings. The van der Waals surface area contributed by atoms with E-state index >= 15 is 0 Å². The van der Waals surface area contributed by atoms with Crippen LogP contribution >= 0.6 is 0 Å². The van der Waals surface area contributed by atoms with Crippen LogP contribution in [-0.2, 0) is 17.9 Å². The number of rotatable bonds is 4. The zero-order chi connectivity index (χ0) is 13.9. The van der Waals surface area contributed by atoms with E-state index in [0.717, 1.165) is 0 Å². The average Bonchev–Trinajstić information content (AvgIpc) is 2.21. The number of hydrogen-bond acceptors (Lipinski definition) is 3. The summed E-state index contributed by atoms with van der Waals surface area (Å²) in [6.07, 6.45) is -6.15. The maximum atomic E-state index is 13.4. The molecule has 1 heterocycles. The van der Waals surface area contributed by atoms with Crippen molar-refractivity contribution in [3.05, 3.63) is 23.3 Å². The van der Waals surface area contributed by atoms with E-state index in [1.165, 1.54) is 0 Å². The molecular weight excluding hydrogens is 265 g/mol. The third-order valence-corrected chi connectivity index (χ3v) is 1.73. The smallest absolute Gasteiger partial charge is 0.481 e. The van der Waals surface area contributed by atoms with Crippen molar-refractivity contribution >= 4 is 5.97 Å². The summed E-state index contributed by atoms with van der Waals surface area (Å²) in [5, 5.41) is 8.41. The second-order valence-electron chi connectivity index (χ2n) is 3.12. The maximum absolute atomic E-state index is 13.4. The van der Waals surface area contributed by atoms with Gasteiger partial charge in [0.15, 0.2) is 11.6 Å². The molecule has 1 rings (SSSR count). The van der Waals surface area contributed by atoms with Crippen LogP contribution in [0.4, 0.5) is 22.0 Å². The number of aliphatic carboxylic acids is 1. The van der Waals surface area contributed by atoms with E-state index in [1.807, 2.05) is 0 Å². The van der Waals surface area contributed by atoms with E-state index in [9.17, 15) is 26.7 Å². The normalized spacial score (nSPS) is 11.4. The third kappa shape index (κ3) is 3.82. The molecule has 1 aromatic heterocycles. The number of carboxylic acids is 1. The average molecular weight is 271 g/mol. The van der Waals surface area contributed by atoms with E-state index in [4.69, 9.17) is 5.11 Å². The Labute approximate surface area is 97.0 Å². The highest BCUT2D eigenvalue weighted by molar-refractivity contribution is 5.69. The lowest BCUT2D eigenvalue weighted by Gasteiger charge is -2.12. The molecule has 0 atom stereocenters. The van der Waals surface area contributed by atoms with Crippen molar-refractivity contribution < 1.29 is 36.6 Å². The monoisotopic (exact) mass is 271 g/mol. The van der Waals surface area contributed by atoms with Crippen LogP contribution in [0.15, 0.2) is 6.07 Å². The standard InChI is InChI=1S/C9H6F5NO3/c10-3-4-1-6(18-9(12,13)14)8(11)5(15-4)2-7(16)17/h1H,2-3H2,(H,16,17). The van der Waals surface area contributed by atoms with Crippen LogP contribution in [0.1, 0.15) is 11.4 Å². The second-order valence-corrected chi connectivity index (χ2v) is 3.12. The highest BCUT2D eigenvalue weighted by atomic mass is 19.4. The molecule has 18 heavy (non-hydrogen) atoms. The van der Waals surface area contributed by atoms with Gasteiger partial charge in [-0.2, -0.15) is 0 Å². The van der Waals surface area contributed by atoms with Crippen LogP contribution in [0, 0.1) is 5.82 Å². The fourth-order valence-corrected chi connectivity index (χ4v) is 1.14. The number of pyridine rings is 1. The molecule has 100 valence electrons. The molecule has 0 bridgehead atoms. The molecule has 0 spiro atoms. The quantitative estimate of drug-likeness (QED) is 0.853. The van der Waals surface area contributed by atoms with E-state index in [-0.39, 0.29) is 0 Å². The topological polar surface area (TPSA) is 59.4 Å². The first kappa shape index (κ1) is 14.1. The molecular formula is C9H6F5NO3. The predicted molar refractivity (Wildman–Crippen MR) is 47.0 cm³/mol. The number of aromatic nitrogens is 1. The molecule has 0 unspecified atom stereocenters. The Hall–Kier alpha value is -1.93. The Kier molecular flexibility index (Phi) is 4.04. The highest BCUT2D eigenvalue weighted by Crippen LogP contribution is 2.28. The Balaban J connectivity index is 3.20. The molecule has 1 N–H and O–H groups in total. The lowest BCUT2D eigenvalue weighted by Crippen LogP contribution is -2.19. The third-order valence-electron chi connectivity index (χ3n) is 1.73. The summed E-state index contributed by atoms with van der Waals surface area (Å²) in [6, 6.07) is 0.425. The fraction of sp³-hybridized carbons (Fsp3) is 0.333. The molecule has 0 aromatic carbocycles. The van der Waals surface area contributed by atoms with Crippen molar-refractivity contribution in [2.45, 2.75) is 19.5 Å². The van der Waals surface area contributed by atoms with Crippen molar-refractivity contribution in [1.82, 2.24) is 4.98 Å². The predicted octanol–water partition coefficient (Wildman–Crippen LogP) is 2.22. The van der Waals surface area contributed by atoms with Gasteiger partial charge in [0.25, 0.3) is 0 Å². The number of halogens is 5. The fourth-order valence-electron chi connectivity index (χ4n) is 1.14. The van der Waals surface area contributed by atoms with E-state index in [2.05, 4.69) is 9.72 Å². The van der Waals surface area contributed by atoms with Gasteiger partial charge in [0.05, 0.1) is 17.8 Å². The molecule has 0 radical (unpaired) electrons. The first-order valence-electron chi connectivity index (χ1n) is 4.44. The van der Waals surface area contributed by atoms with Gasteiger partial charge in [-0.25, -0.2) is 8.78 Å². The minimum atomic E-state index is -5.17. The van der Waals surface area contributed by atoms with Crippen LogP contribution in [0.25, 0.3) is 0 Å². The van der Waals surface area contributed by atoms with Crippen LogP contribution in [0.5, 0.6) is 5.75 Å². The molecule has 0 saturated carbocycles. The number of carboxylic acid groups (broad SMARTS) is 1. The highest BCUT2D eigenvalue weighted by Gasteiger charge is 2.33. The van der Waals surface area contributed by atoms with Crippen LogP contribution in [0.3, 0.4) is 0 Å². The summed E-state index contributed by atoms with van der Waals surface area (Å²) in [7, 11) is 0. The van der Waals surface area contributed by atoms with Crippen molar-refractivity contribution in [3.63, 3.8) is 0 Å². The van der Waals surface area contributed by atoms with Gasteiger partial charge in [-0.3, -0.25) is 9.78 Å². The van der Waals surface area contributed by atoms with Gasteiger partial charge in [0.1, 0.15) is 6.67 Å². The molecule has 0 fully saturated rings. The van der Waals surface area contributed by atoms with Crippen molar-refractivity contribution in [2.75, 3.05) is 0 Å². The number of alkyl halides is 4. The number of hydrogen-bond donors (Lipinski definition) is 1. The first-order valence-corrected chi connectivity index (χ1v) is 4.44. The van der Waals surface area contributed by atoms with Crippen molar-refractivity contribution in [1.29, 1.82) is 0 Å². The Bertz CT molecular complexity index is 460. The second kappa shape index (κ2) is 5.15.